The van der Waals surface area contributed by atoms with Gasteiger partial charge in [-0.1, -0.05) is 25.5 Å². The Morgan fingerprint density at radius 2 is 1.86 bits per heavy atom. The fraction of sp³-hybridized carbons (Fsp3) is 0.412. The van der Waals surface area contributed by atoms with Crippen molar-refractivity contribution in [2.45, 2.75) is 40.0 Å². The van der Waals surface area contributed by atoms with E-state index in [0.29, 0.717) is 5.11 Å². The summed E-state index contributed by atoms with van der Waals surface area (Å²) < 4.78 is 1.85. The zero-order chi connectivity index (χ0) is 16.1. The van der Waals surface area contributed by atoms with E-state index < -0.39 is 0 Å². The van der Waals surface area contributed by atoms with Gasteiger partial charge in [-0.25, -0.2) is 0 Å². The van der Waals surface area contributed by atoms with Crippen molar-refractivity contribution in [2.75, 3.05) is 10.6 Å². The van der Waals surface area contributed by atoms with Gasteiger partial charge in [0.15, 0.2) is 5.11 Å². The molecule has 4 nitrogen and oxygen atoms in total. The SMILES string of the molecule is CCCCc1ccc(NC(=S)Nc2c(C)nn(C)c2C)cc1. The van der Waals surface area contributed by atoms with Gasteiger partial charge < -0.3 is 10.6 Å². The molecule has 0 amide bonds. The minimum atomic E-state index is 0.584. The highest BCUT2D eigenvalue weighted by Crippen LogP contribution is 2.19. The quantitative estimate of drug-likeness (QED) is 0.812. The number of aryl methyl sites for hydroxylation is 3. The number of nitrogens with zero attached hydrogens (tertiary/aromatic N) is 2. The highest BCUT2D eigenvalue weighted by Gasteiger charge is 2.10. The van der Waals surface area contributed by atoms with Gasteiger partial charge in [0.2, 0.25) is 0 Å². The van der Waals surface area contributed by atoms with Crippen LogP contribution in [0.5, 0.6) is 0 Å². The lowest BCUT2D eigenvalue weighted by Crippen LogP contribution is -2.19. The van der Waals surface area contributed by atoms with E-state index >= 15 is 0 Å². The minimum Gasteiger partial charge on any atom is -0.332 e. The number of benzene rings is 1. The molecule has 0 aliphatic carbocycles. The second-order valence-corrected chi connectivity index (χ2v) is 5.96. The van der Waals surface area contributed by atoms with Crippen LogP contribution in [0.4, 0.5) is 11.4 Å². The Bertz CT molecular complexity index is 643. The number of hydrogen-bond donors (Lipinski definition) is 2. The Labute approximate surface area is 137 Å². The molecule has 22 heavy (non-hydrogen) atoms. The lowest BCUT2D eigenvalue weighted by Gasteiger charge is -2.11. The number of aromatic nitrogens is 2. The van der Waals surface area contributed by atoms with Crippen LogP contribution in [0.1, 0.15) is 36.7 Å². The summed E-state index contributed by atoms with van der Waals surface area (Å²) in [5, 5.41) is 11.4. The molecule has 118 valence electrons. The smallest absolute Gasteiger partial charge is 0.175 e. The second-order valence-electron chi connectivity index (χ2n) is 5.55. The predicted molar refractivity (Wildman–Crippen MR) is 97.6 cm³/mol. The van der Waals surface area contributed by atoms with E-state index in [9.17, 15) is 0 Å². The van der Waals surface area contributed by atoms with Crippen molar-refractivity contribution in [3.8, 4) is 0 Å². The van der Waals surface area contributed by atoms with Gasteiger partial charge in [-0.05, 0) is 56.6 Å². The topological polar surface area (TPSA) is 41.9 Å². The third kappa shape index (κ3) is 4.07. The summed E-state index contributed by atoms with van der Waals surface area (Å²) in [5.41, 5.74) is 5.34. The van der Waals surface area contributed by atoms with Gasteiger partial charge in [0, 0.05) is 12.7 Å². The van der Waals surface area contributed by atoms with E-state index in [4.69, 9.17) is 12.2 Å². The standard InChI is InChI=1S/C17H24N4S/c1-5-6-7-14-8-10-15(11-9-14)18-17(22)19-16-12(2)20-21(4)13(16)3/h8-11H,5-7H2,1-4H3,(H2,18,19,22). The van der Waals surface area contributed by atoms with E-state index in [1.54, 1.807) is 0 Å². The summed E-state index contributed by atoms with van der Waals surface area (Å²) in [4.78, 5) is 0. The molecule has 5 heteroatoms. The maximum atomic E-state index is 5.39. The van der Waals surface area contributed by atoms with Crippen LogP contribution in [-0.2, 0) is 13.5 Å². The Kier molecular flexibility index (Phi) is 5.55. The summed E-state index contributed by atoms with van der Waals surface area (Å²) in [6.07, 6.45) is 3.58. The van der Waals surface area contributed by atoms with Crippen LogP contribution in [0.25, 0.3) is 0 Å². The van der Waals surface area contributed by atoms with Crippen molar-refractivity contribution in [1.29, 1.82) is 0 Å². The van der Waals surface area contributed by atoms with Crippen LogP contribution in [0.2, 0.25) is 0 Å². The van der Waals surface area contributed by atoms with Crippen LogP contribution in [0, 0.1) is 13.8 Å². The fourth-order valence-corrected chi connectivity index (χ4v) is 2.59. The Morgan fingerprint density at radius 3 is 2.41 bits per heavy atom. The molecular formula is C17H24N4S. The zero-order valence-electron chi connectivity index (χ0n) is 13.7. The first kappa shape index (κ1) is 16.5. The van der Waals surface area contributed by atoms with Gasteiger partial charge in [0.05, 0.1) is 17.1 Å². The van der Waals surface area contributed by atoms with Crippen molar-refractivity contribution in [2.24, 2.45) is 7.05 Å². The molecule has 0 fully saturated rings. The third-order valence-corrected chi connectivity index (χ3v) is 3.98. The molecule has 0 radical (unpaired) electrons. The average molecular weight is 316 g/mol. The predicted octanol–water partition coefficient (Wildman–Crippen LogP) is 4.19. The van der Waals surface area contributed by atoms with Crippen molar-refractivity contribution in [3.05, 3.63) is 41.2 Å². The molecule has 0 aliphatic heterocycles. The highest BCUT2D eigenvalue weighted by molar-refractivity contribution is 7.80. The number of unbranched alkanes of at least 4 members (excludes halogenated alkanes) is 1. The maximum absolute atomic E-state index is 5.39. The summed E-state index contributed by atoms with van der Waals surface area (Å²) in [5.74, 6) is 0. The summed E-state index contributed by atoms with van der Waals surface area (Å²) in [6, 6.07) is 8.45. The molecule has 0 saturated heterocycles. The largest absolute Gasteiger partial charge is 0.332 e. The summed E-state index contributed by atoms with van der Waals surface area (Å²) >= 11 is 5.39. The van der Waals surface area contributed by atoms with Crippen molar-refractivity contribution < 1.29 is 0 Å². The molecule has 0 atom stereocenters. The number of hydrogen-bond acceptors (Lipinski definition) is 2. The third-order valence-electron chi connectivity index (χ3n) is 3.78. The Morgan fingerprint density at radius 1 is 1.18 bits per heavy atom. The van der Waals surface area contributed by atoms with Gasteiger partial charge in [0.1, 0.15) is 0 Å². The molecule has 0 spiro atoms. The monoisotopic (exact) mass is 316 g/mol. The molecule has 0 saturated carbocycles. The van der Waals surface area contributed by atoms with Gasteiger partial charge in [-0.3, -0.25) is 4.68 Å². The first-order chi connectivity index (χ1) is 10.5. The van der Waals surface area contributed by atoms with Crippen molar-refractivity contribution in [1.82, 2.24) is 9.78 Å². The molecule has 2 N–H and O–H groups in total. The molecule has 0 unspecified atom stereocenters. The van der Waals surface area contributed by atoms with Crippen LogP contribution < -0.4 is 10.6 Å². The zero-order valence-corrected chi connectivity index (χ0v) is 14.5. The van der Waals surface area contributed by atoms with Gasteiger partial charge >= 0.3 is 0 Å². The molecular weight excluding hydrogens is 292 g/mol. The second kappa shape index (κ2) is 7.40. The molecule has 2 rings (SSSR count). The van der Waals surface area contributed by atoms with Crippen molar-refractivity contribution >= 4 is 28.7 Å². The maximum Gasteiger partial charge on any atom is 0.175 e. The average Bonchev–Trinajstić information content (AvgIpc) is 2.73. The van der Waals surface area contributed by atoms with E-state index in [1.165, 1.54) is 18.4 Å². The Balaban J connectivity index is 1.97. The van der Waals surface area contributed by atoms with E-state index in [1.807, 2.05) is 25.6 Å². The fourth-order valence-electron chi connectivity index (χ4n) is 2.37. The van der Waals surface area contributed by atoms with Crippen LogP contribution in [-0.4, -0.2) is 14.9 Å². The summed E-state index contributed by atoms with van der Waals surface area (Å²) in [6.45, 7) is 6.20. The van der Waals surface area contributed by atoms with Gasteiger partial charge in [0.25, 0.3) is 0 Å². The molecule has 2 aromatic rings. The molecule has 1 aromatic heterocycles. The van der Waals surface area contributed by atoms with Gasteiger partial charge in [-0.2, -0.15) is 5.10 Å². The van der Waals surface area contributed by atoms with Crippen LogP contribution >= 0.6 is 12.2 Å². The normalized spacial score (nSPS) is 10.5. The van der Waals surface area contributed by atoms with E-state index in [-0.39, 0.29) is 0 Å². The molecule has 1 heterocycles. The number of nitrogens with one attached hydrogen (secondary N) is 2. The van der Waals surface area contributed by atoms with Crippen LogP contribution in [0.3, 0.4) is 0 Å². The van der Waals surface area contributed by atoms with Gasteiger partial charge in [-0.15, -0.1) is 0 Å². The summed E-state index contributed by atoms with van der Waals surface area (Å²) in [7, 11) is 1.93. The van der Waals surface area contributed by atoms with Crippen molar-refractivity contribution in [3.63, 3.8) is 0 Å². The lowest BCUT2D eigenvalue weighted by atomic mass is 10.1. The number of thiocarbonyl (C=S) groups is 1. The lowest BCUT2D eigenvalue weighted by molar-refractivity contribution is 0.731. The highest BCUT2D eigenvalue weighted by atomic mass is 32.1. The minimum absolute atomic E-state index is 0.584. The molecule has 0 aliphatic rings. The first-order valence-corrected chi connectivity index (χ1v) is 8.09. The molecule has 0 bridgehead atoms. The van der Waals surface area contributed by atoms with E-state index in [0.717, 1.165) is 29.2 Å². The molecule has 1 aromatic carbocycles. The number of rotatable bonds is 5. The first-order valence-electron chi connectivity index (χ1n) is 7.68. The van der Waals surface area contributed by atoms with E-state index in [2.05, 4.69) is 46.9 Å². The Hall–Kier alpha value is -1.88. The number of anilines is 2. The van der Waals surface area contributed by atoms with Crippen LogP contribution in [0.15, 0.2) is 24.3 Å².